The molecule has 7 heteroatoms. The summed E-state index contributed by atoms with van der Waals surface area (Å²) in [5.41, 5.74) is 0.261. The lowest BCUT2D eigenvalue weighted by Crippen LogP contribution is -2.55. The molecule has 0 amide bonds. The van der Waals surface area contributed by atoms with E-state index in [0.717, 1.165) is 12.0 Å². The first-order chi connectivity index (χ1) is 14.5. The van der Waals surface area contributed by atoms with Gasteiger partial charge in [-0.1, -0.05) is 27.4 Å². The minimum Gasteiger partial charge on any atom is -0.459 e. The molecule has 3 heterocycles. The van der Waals surface area contributed by atoms with E-state index in [1.807, 2.05) is 13.8 Å². The zero-order chi connectivity index (χ0) is 22.2. The van der Waals surface area contributed by atoms with Crippen LogP contribution in [-0.2, 0) is 28.5 Å². The Morgan fingerprint density at radius 1 is 1.32 bits per heavy atom. The quantitative estimate of drug-likeness (QED) is 0.407. The molecular formula is C24H30O7. The second kappa shape index (κ2) is 5.61. The average Bonchev–Trinajstić information content (AvgIpc) is 3.53. The fourth-order valence-corrected chi connectivity index (χ4v) is 7.50. The highest BCUT2D eigenvalue weighted by molar-refractivity contribution is 5.92. The number of aliphatic hydroxyl groups excluding tert-OH is 1. The molecule has 31 heavy (non-hydrogen) atoms. The van der Waals surface area contributed by atoms with Gasteiger partial charge < -0.3 is 24.1 Å². The summed E-state index contributed by atoms with van der Waals surface area (Å²) in [5.74, 6) is -1.31. The Balaban J connectivity index is 1.53. The smallest absolute Gasteiger partial charge is 0.334 e. The van der Waals surface area contributed by atoms with Crippen LogP contribution in [0.4, 0.5) is 0 Å². The lowest BCUT2D eigenvalue weighted by Gasteiger charge is -2.41. The number of rotatable bonds is 2. The van der Waals surface area contributed by atoms with Gasteiger partial charge in [-0.15, -0.1) is 0 Å². The molecule has 168 valence electrons. The van der Waals surface area contributed by atoms with Crippen molar-refractivity contribution in [1.29, 1.82) is 0 Å². The van der Waals surface area contributed by atoms with E-state index in [-0.39, 0.29) is 48.1 Å². The normalized spacial score (nSPS) is 53.7. The molecule has 1 N–H and O–H groups in total. The maximum atomic E-state index is 12.6. The standard InChI is InChI=1S/C24H30O7/c1-9(2)19(26)29-18-10(3)8-23-21-22(6,30-21)17-15-12(5)20(27)28-14(15)7-13(25)11(4)16(17)24(18,23)31-23/h9-10,13-14,16-18,21,25H,4,7-8H2,1-3,5-6H3/t10-,13+,14+,16-,17-,18-,21+,22+,23+,24+/m1/s1. The highest BCUT2D eigenvalue weighted by atomic mass is 16.7. The summed E-state index contributed by atoms with van der Waals surface area (Å²) in [7, 11) is 0. The number of hydrogen-bond acceptors (Lipinski definition) is 7. The lowest BCUT2D eigenvalue weighted by molar-refractivity contribution is -0.161. The van der Waals surface area contributed by atoms with Gasteiger partial charge in [0.2, 0.25) is 0 Å². The van der Waals surface area contributed by atoms with Crippen molar-refractivity contribution in [2.75, 3.05) is 0 Å². The largest absolute Gasteiger partial charge is 0.459 e. The average molecular weight is 430 g/mol. The third-order valence-corrected chi connectivity index (χ3v) is 8.86. The Labute approximate surface area is 181 Å². The van der Waals surface area contributed by atoms with E-state index in [1.54, 1.807) is 6.92 Å². The van der Waals surface area contributed by atoms with Crippen LogP contribution in [-0.4, -0.2) is 58.3 Å². The molecule has 0 radical (unpaired) electrons. The number of ether oxygens (including phenoxy) is 4. The van der Waals surface area contributed by atoms with Crippen LogP contribution in [0.5, 0.6) is 0 Å². The van der Waals surface area contributed by atoms with Gasteiger partial charge in [-0.2, -0.15) is 0 Å². The van der Waals surface area contributed by atoms with Crippen LogP contribution in [0.2, 0.25) is 0 Å². The summed E-state index contributed by atoms with van der Waals surface area (Å²) in [6.07, 6.45) is -0.933. The summed E-state index contributed by atoms with van der Waals surface area (Å²) in [5, 5.41) is 11.1. The number of esters is 2. The topological polar surface area (TPSA) is 97.9 Å². The van der Waals surface area contributed by atoms with Crippen LogP contribution < -0.4 is 0 Å². The van der Waals surface area contributed by atoms with Gasteiger partial charge in [0.1, 0.15) is 35.1 Å². The van der Waals surface area contributed by atoms with Crippen molar-refractivity contribution in [3.05, 3.63) is 23.3 Å². The molecule has 3 aliphatic carbocycles. The molecule has 0 aromatic heterocycles. The van der Waals surface area contributed by atoms with Crippen molar-refractivity contribution in [2.45, 2.75) is 88.7 Å². The number of carbonyl (C=O) groups excluding carboxylic acids is 2. The number of aliphatic hydroxyl groups is 1. The predicted octanol–water partition coefficient (Wildman–Crippen LogP) is 2.07. The molecule has 3 aliphatic heterocycles. The maximum absolute atomic E-state index is 12.6. The highest BCUT2D eigenvalue weighted by Crippen LogP contribution is 2.81. The van der Waals surface area contributed by atoms with Gasteiger partial charge in [-0.05, 0) is 37.3 Å². The zero-order valence-corrected chi connectivity index (χ0v) is 18.6. The van der Waals surface area contributed by atoms with E-state index in [4.69, 9.17) is 18.9 Å². The molecule has 0 bridgehead atoms. The van der Waals surface area contributed by atoms with E-state index < -0.39 is 35.1 Å². The Morgan fingerprint density at radius 2 is 2.03 bits per heavy atom. The van der Waals surface area contributed by atoms with Gasteiger partial charge in [-0.3, -0.25) is 4.79 Å². The third kappa shape index (κ3) is 2.07. The van der Waals surface area contributed by atoms with Crippen molar-refractivity contribution in [1.82, 2.24) is 0 Å². The van der Waals surface area contributed by atoms with E-state index in [9.17, 15) is 14.7 Å². The molecule has 7 nitrogen and oxygen atoms in total. The molecule has 6 aliphatic rings. The lowest BCUT2D eigenvalue weighted by atomic mass is 9.58. The van der Waals surface area contributed by atoms with Crippen LogP contribution >= 0.6 is 0 Å². The van der Waals surface area contributed by atoms with Crippen LogP contribution in [0, 0.1) is 23.7 Å². The number of epoxide rings is 2. The second-order valence-corrected chi connectivity index (χ2v) is 10.9. The van der Waals surface area contributed by atoms with Gasteiger partial charge in [0.25, 0.3) is 0 Å². The van der Waals surface area contributed by atoms with E-state index in [0.29, 0.717) is 11.1 Å². The first-order valence-corrected chi connectivity index (χ1v) is 11.4. The Morgan fingerprint density at radius 3 is 2.71 bits per heavy atom. The first-order valence-electron chi connectivity index (χ1n) is 11.4. The molecule has 0 unspecified atom stereocenters. The monoisotopic (exact) mass is 430 g/mol. The Kier molecular flexibility index (Phi) is 3.61. The fraction of sp³-hybridized carbons (Fsp3) is 0.750. The van der Waals surface area contributed by atoms with Crippen LogP contribution in [0.15, 0.2) is 23.3 Å². The van der Waals surface area contributed by atoms with Crippen LogP contribution in [0.3, 0.4) is 0 Å². The molecule has 2 saturated heterocycles. The second-order valence-electron chi connectivity index (χ2n) is 10.9. The van der Waals surface area contributed by atoms with Gasteiger partial charge in [0, 0.05) is 23.8 Å². The Bertz CT molecular complexity index is 967. The summed E-state index contributed by atoms with van der Waals surface area (Å²) < 4.78 is 24.7. The van der Waals surface area contributed by atoms with Crippen LogP contribution in [0.1, 0.15) is 47.5 Å². The minimum absolute atomic E-state index is 0.0872. The van der Waals surface area contributed by atoms with Crippen LogP contribution in [0.25, 0.3) is 0 Å². The van der Waals surface area contributed by atoms with Gasteiger partial charge in [-0.25, -0.2) is 4.79 Å². The molecule has 10 atom stereocenters. The first kappa shape index (κ1) is 19.9. The Hall–Kier alpha value is -1.70. The van der Waals surface area contributed by atoms with Gasteiger partial charge in [0.05, 0.1) is 12.0 Å². The van der Waals surface area contributed by atoms with Crippen molar-refractivity contribution in [3.63, 3.8) is 0 Å². The summed E-state index contributed by atoms with van der Waals surface area (Å²) in [6.45, 7) is 13.9. The number of carbonyl (C=O) groups is 2. The predicted molar refractivity (Wildman–Crippen MR) is 108 cm³/mol. The maximum Gasteiger partial charge on any atom is 0.334 e. The zero-order valence-electron chi connectivity index (χ0n) is 18.6. The molecule has 3 saturated carbocycles. The highest BCUT2D eigenvalue weighted by Gasteiger charge is 2.96. The molecule has 0 aromatic carbocycles. The fourth-order valence-electron chi connectivity index (χ4n) is 7.50. The molecular weight excluding hydrogens is 400 g/mol. The van der Waals surface area contributed by atoms with Crippen molar-refractivity contribution in [3.8, 4) is 0 Å². The summed E-state index contributed by atoms with van der Waals surface area (Å²) >= 11 is 0. The van der Waals surface area contributed by atoms with E-state index in [1.165, 1.54) is 0 Å². The minimum atomic E-state index is -0.846. The van der Waals surface area contributed by atoms with Crippen molar-refractivity contribution < 1.29 is 33.6 Å². The molecule has 0 spiro atoms. The van der Waals surface area contributed by atoms with E-state index in [2.05, 4.69) is 20.4 Å². The SMILES string of the molecule is C=C1[C@@H]2[C@@H](C3=C(C)C(=O)O[C@H]3C[C@@H]1O)[C@]1(C)O[C@@H]1[C@@]13C[C@@H](C)[C@@H](OC(=O)C(C)C)[C@@]21O3. The van der Waals surface area contributed by atoms with Gasteiger partial charge in [0.15, 0.2) is 0 Å². The number of hydrogen-bond donors (Lipinski definition) is 1. The molecule has 0 aromatic rings. The molecule has 5 fully saturated rings. The summed E-state index contributed by atoms with van der Waals surface area (Å²) in [4.78, 5) is 25.1. The van der Waals surface area contributed by atoms with Gasteiger partial charge >= 0.3 is 11.9 Å². The van der Waals surface area contributed by atoms with Crippen molar-refractivity contribution >= 4 is 11.9 Å². The summed E-state index contributed by atoms with van der Waals surface area (Å²) in [6, 6.07) is 0. The number of fused-ring (bicyclic) bond motifs is 5. The van der Waals surface area contributed by atoms with E-state index >= 15 is 0 Å². The molecule has 6 rings (SSSR count). The third-order valence-electron chi connectivity index (χ3n) is 8.86. The van der Waals surface area contributed by atoms with Crippen molar-refractivity contribution in [2.24, 2.45) is 23.7 Å².